The lowest BCUT2D eigenvalue weighted by molar-refractivity contribution is 0.0332. The van der Waals surface area contributed by atoms with Crippen LogP contribution in [-0.4, -0.2) is 46.8 Å². The highest BCUT2D eigenvalue weighted by atomic mass is 32.1. The van der Waals surface area contributed by atoms with Crippen LogP contribution in [0.5, 0.6) is 0 Å². The molecular formula is C13H17N3O3S. The third-order valence-electron chi connectivity index (χ3n) is 3.14. The summed E-state index contributed by atoms with van der Waals surface area (Å²) < 4.78 is 0. The normalized spacial score (nSPS) is 19.2. The Morgan fingerprint density at radius 3 is 3.20 bits per heavy atom. The van der Waals surface area contributed by atoms with Crippen molar-refractivity contribution in [3.63, 3.8) is 0 Å². The minimum atomic E-state index is -0.943. The van der Waals surface area contributed by atoms with Crippen LogP contribution < -0.4 is 5.48 Å². The Bertz CT molecular complexity index is 513. The minimum Gasteiger partial charge on any atom is -0.465 e. The van der Waals surface area contributed by atoms with Gasteiger partial charge in [-0.25, -0.2) is 9.78 Å². The highest BCUT2D eigenvalue weighted by Crippen LogP contribution is 2.28. The Labute approximate surface area is 121 Å². The van der Waals surface area contributed by atoms with Gasteiger partial charge in [0.15, 0.2) is 0 Å². The predicted molar refractivity (Wildman–Crippen MR) is 77.4 cm³/mol. The van der Waals surface area contributed by atoms with E-state index in [1.54, 1.807) is 12.3 Å². The van der Waals surface area contributed by atoms with Gasteiger partial charge < -0.3 is 10.0 Å². The zero-order valence-corrected chi connectivity index (χ0v) is 12.0. The van der Waals surface area contributed by atoms with E-state index in [0.29, 0.717) is 19.7 Å². The molecule has 0 aromatic carbocycles. The molecule has 1 aromatic heterocycles. The molecule has 1 unspecified atom stereocenters. The average Bonchev–Trinajstić information content (AvgIpc) is 2.94. The van der Waals surface area contributed by atoms with Crippen LogP contribution in [0.1, 0.15) is 11.9 Å². The summed E-state index contributed by atoms with van der Waals surface area (Å²) in [6.45, 7) is 6.62. The van der Waals surface area contributed by atoms with Crippen molar-refractivity contribution in [2.45, 2.75) is 13.0 Å². The highest BCUT2D eigenvalue weighted by Gasteiger charge is 2.29. The van der Waals surface area contributed by atoms with Gasteiger partial charge in [-0.1, -0.05) is 6.08 Å². The highest BCUT2D eigenvalue weighted by molar-refractivity contribution is 7.10. The molecule has 0 bridgehead atoms. The lowest BCUT2D eigenvalue weighted by Gasteiger charge is -2.33. The Balaban J connectivity index is 2.23. The molecule has 1 amide bonds. The summed E-state index contributed by atoms with van der Waals surface area (Å²) in [5.74, 6) is 0. The number of carboxylic acid groups (broad SMARTS) is 1. The number of hydrogen-bond acceptors (Lipinski definition) is 5. The average molecular weight is 295 g/mol. The lowest BCUT2D eigenvalue weighted by Crippen LogP contribution is -2.48. The van der Waals surface area contributed by atoms with E-state index in [0.717, 1.165) is 16.2 Å². The van der Waals surface area contributed by atoms with Crippen LogP contribution in [0.2, 0.25) is 0 Å². The van der Waals surface area contributed by atoms with E-state index in [1.165, 1.54) is 16.2 Å². The zero-order valence-electron chi connectivity index (χ0n) is 11.2. The van der Waals surface area contributed by atoms with E-state index in [9.17, 15) is 9.90 Å². The summed E-state index contributed by atoms with van der Waals surface area (Å²) in [6, 6.07) is -0.182. The molecular weight excluding hydrogens is 278 g/mol. The minimum absolute atomic E-state index is 0.182. The SMILES string of the molecule is C=CCONC1CN(C(=O)O)CC(c2nccs2)=C1C. The first-order chi connectivity index (χ1) is 9.63. The summed E-state index contributed by atoms with van der Waals surface area (Å²) in [6.07, 6.45) is 2.41. The number of hydrogen-bond donors (Lipinski definition) is 2. The second-order valence-electron chi connectivity index (χ2n) is 4.43. The summed E-state index contributed by atoms with van der Waals surface area (Å²) in [7, 11) is 0. The van der Waals surface area contributed by atoms with E-state index in [1.807, 2.05) is 12.3 Å². The van der Waals surface area contributed by atoms with E-state index in [2.05, 4.69) is 17.0 Å². The van der Waals surface area contributed by atoms with Crippen LogP contribution in [0.25, 0.3) is 5.57 Å². The fourth-order valence-corrected chi connectivity index (χ4v) is 2.78. The van der Waals surface area contributed by atoms with Gasteiger partial charge in [0.05, 0.1) is 19.2 Å². The number of aromatic nitrogens is 1. The molecule has 0 saturated carbocycles. The van der Waals surface area contributed by atoms with Crippen molar-refractivity contribution in [2.24, 2.45) is 0 Å². The molecule has 0 spiro atoms. The predicted octanol–water partition coefficient (Wildman–Crippen LogP) is 1.99. The molecule has 7 heteroatoms. The van der Waals surface area contributed by atoms with Crippen LogP contribution in [0, 0.1) is 0 Å². The van der Waals surface area contributed by atoms with E-state index in [-0.39, 0.29) is 6.04 Å². The van der Waals surface area contributed by atoms with Gasteiger partial charge in [-0.2, -0.15) is 5.48 Å². The Hall–Kier alpha value is -1.70. The number of amides is 1. The monoisotopic (exact) mass is 295 g/mol. The second-order valence-corrected chi connectivity index (χ2v) is 5.33. The number of nitrogens with zero attached hydrogens (tertiary/aromatic N) is 2. The molecule has 1 aliphatic heterocycles. The second kappa shape index (κ2) is 6.65. The maximum absolute atomic E-state index is 11.3. The fourth-order valence-electron chi connectivity index (χ4n) is 2.04. The van der Waals surface area contributed by atoms with Gasteiger partial charge in [-0.05, 0) is 12.5 Å². The van der Waals surface area contributed by atoms with Crippen LogP contribution >= 0.6 is 11.3 Å². The topological polar surface area (TPSA) is 74.7 Å². The van der Waals surface area contributed by atoms with Gasteiger partial charge in [-0.15, -0.1) is 17.9 Å². The van der Waals surface area contributed by atoms with Crippen LogP contribution in [-0.2, 0) is 4.84 Å². The van der Waals surface area contributed by atoms with Crippen molar-refractivity contribution < 1.29 is 14.7 Å². The third-order valence-corrected chi connectivity index (χ3v) is 3.97. The first-order valence-corrected chi connectivity index (χ1v) is 7.07. The van der Waals surface area contributed by atoms with Gasteiger partial charge >= 0.3 is 6.09 Å². The zero-order chi connectivity index (χ0) is 14.5. The van der Waals surface area contributed by atoms with Crippen molar-refractivity contribution in [3.05, 3.63) is 34.8 Å². The maximum Gasteiger partial charge on any atom is 0.407 e. The molecule has 1 aromatic rings. The van der Waals surface area contributed by atoms with Gasteiger partial charge in [-0.3, -0.25) is 4.84 Å². The van der Waals surface area contributed by atoms with Gasteiger partial charge in [0.1, 0.15) is 5.01 Å². The van der Waals surface area contributed by atoms with Crippen molar-refractivity contribution >= 4 is 23.0 Å². The number of hydroxylamine groups is 1. The van der Waals surface area contributed by atoms with Crippen molar-refractivity contribution in [1.82, 2.24) is 15.4 Å². The summed E-state index contributed by atoms with van der Waals surface area (Å²) in [4.78, 5) is 22.1. The molecule has 1 aliphatic rings. The molecule has 0 saturated heterocycles. The molecule has 6 nitrogen and oxygen atoms in total. The lowest BCUT2D eigenvalue weighted by atomic mass is 9.98. The van der Waals surface area contributed by atoms with Crippen molar-refractivity contribution in [2.75, 3.05) is 19.7 Å². The number of rotatable bonds is 5. The van der Waals surface area contributed by atoms with Gasteiger partial charge in [0.25, 0.3) is 0 Å². The van der Waals surface area contributed by atoms with Gasteiger partial charge in [0, 0.05) is 23.7 Å². The summed E-state index contributed by atoms with van der Waals surface area (Å²) >= 11 is 1.50. The first kappa shape index (κ1) is 14.7. The Morgan fingerprint density at radius 1 is 1.80 bits per heavy atom. The quantitative estimate of drug-likeness (QED) is 0.493. The molecule has 2 heterocycles. The maximum atomic E-state index is 11.3. The van der Waals surface area contributed by atoms with Crippen LogP contribution in [0.15, 0.2) is 29.8 Å². The number of thiazole rings is 1. The standard InChI is InChI=1S/C13H17N3O3S/c1-3-5-19-15-11-8-16(13(17)18)7-10(9(11)2)12-14-4-6-20-12/h3-4,6,11,15H,1,5,7-8H2,2H3,(H,17,18). The molecule has 0 aliphatic carbocycles. The molecule has 20 heavy (non-hydrogen) atoms. The number of nitrogens with one attached hydrogen (secondary N) is 1. The van der Waals surface area contributed by atoms with E-state index in [4.69, 9.17) is 4.84 Å². The number of carbonyl (C=O) groups is 1. The third kappa shape index (κ3) is 3.24. The molecule has 0 fully saturated rings. The molecule has 108 valence electrons. The van der Waals surface area contributed by atoms with Crippen LogP contribution in [0.4, 0.5) is 4.79 Å². The Kier molecular flexibility index (Phi) is 4.89. The van der Waals surface area contributed by atoms with Gasteiger partial charge in [0.2, 0.25) is 0 Å². The molecule has 0 radical (unpaired) electrons. The van der Waals surface area contributed by atoms with Crippen LogP contribution in [0.3, 0.4) is 0 Å². The van der Waals surface area contributed by atoms with Crippen molar-refractivity contribution in [1.29, 1.82) is 0 Å². The van der Waals surface area contributed by atoms with Crippen molar-refractivity contribution in [3.8, 4) is 0 Å². The van der Waals surface area contributed by atoms with E-state index < -0.39 is 6.09 Å². The largest absolute Gasteiger partial charge is 0.465 e. The molecule has 2 rings (SSSR count). The molecule has 1 atom stereocenters. The Morgan fingerprint density at radius 2 is 2.60 bits per heavy atom. The van der Waals surface area contributed by atoms with E-state index >= 15 is 0 Å². The first-order valence-electron chi connectivity index (χ1n) is 6.19. The summed E-state index contributed by atoms with van der Waals surface area (Å²) in [5.41, 5.74) is 4.89. The fraction of sp³-hybridized carbons (Fsp3) is 0.385. The summed E-state index contributed by atoms with van der Waals surface area (Å²) in [5, 5.41) is 12.0. The molecule has 2 N–H and O–H groups in total. The smallest absolute Gasteiger partial charge is 0.407 e.